The Labute approximate surface area is 93.7 Å². The average molecular weight is 231 g/mol. The molecule has 90 valence electrons. The van der Waals surface area contributed by atoms with Crippen molar-refractivity contribution in [2.24, 2.45) is 5.41 Å². The van der Waals surface area contributed by atoms with Crippen LogP contribution in [0.3, 0.4) is 0 Å². The minimum Gasteiger partial charge on any atom is -0.248 e. The SMILES string of the molecule is Cc1nc(C(F)(F)F)ccc1CC(C)(C)C. The van der Waals surface area contributed by atoms with Crippen molar-refractivity contribution in [1.82, 2.24) is 4.98 Å². The Bertz CT molecular complexity index is 375. The summed E-state index contributed by atoms with van der Waals surface area (Å²) in [6.45, 7) is 7.76. The molecular weight excluding hydrogens is 215 g/mol. The predicted molar refractivity (Wildman–Crippen MR) is 57.1 cm³/mol. The largest absolute Gasteiger partial charge is 0.433 e. The molecule has 0 saturated heterocycles. The molecule has 0 fully saturated rings. The van der Waals surface area contributed by atoms with Crippen molar-refractivity contribution in [1.29, 1.82) is 0 Å². The van der Waals surface area contributed by atoms with Gasteiger partial charge in [0.1, 0.15) is 5.69 Å². The van der Waals surface area contributed by atoms with Gasteiger partial charge in [-0.05, 0) is 30.4 Å². The molecule has 0 amide bonds. The zero-order valence-corrected chi connectivity index (χ0v) is 9.94. The van der Waals surface area contributed by atoms with Crippen LogP contribution in [-0.2, 0) is 12.6 Å². The number of hydrogen-bond acceptors (Lipinski definition) is 1. The van der Waals surface area contributed by atoms with Crippen molar-refractivity contribution in [3.63, 3.8) is 0 Å². The molecule has 16 heavy (non-hydrogen) atoms. The van der Waals surface area contributed by atoms with Gasteiger partial charge in [0.25, 0.3) is 0 Å². The van der Waals surface area contributed by atoms with E-state index in [4.69, 9.17) is 0 Å². The summed E-state index contributed by atoms with van der Waals surface area (Å²) < 4.78 is 37.1. The van der Waals surface area contributed by atoms with Crippen molar-refractivity contribution in [2.45, 2.75) is 40.3 Å². The van der Waals surface area contributed by atoms with Crippen LogP contribution in [-0.4, -0.2) is 4.98 Å². The van der Waals surface area contributed by atoms with Gasteiger partial charge in [0.05, 0.1) is 0 Å². The van der Waals surface area contributed by atoms with Gasteiger partial charge >= 0.3 is 6.18 Å². The maximum Gasteiger partial charge on any atom is 0.433 e. The number of rotatable bonds is 1. The lowest BCUT2D eigenvalue weighted by molar-refractivity contribution is -0.141. The lowest BCUT2D eigenvalue weighted by Gasteiger charge is -2.19. The van der Waals surface area contributed by atoms with Gasteiger partial charge in [-0.2, -0.15) is 13.2 Å². The molecule has 0 unspecified atom stereocenters. The monoisotopic (exact) mass is 231 g/mol. The summed E-state index contributed by atoms with van der Waals surface area (Å²) >= 11 is 0. The molecule has 0 N–H and O–H groups in total. The fourth-order valence-corrected chi connectivity index (χ4v) is 1.51. The van der Waals surface area contributed by atoms with E-state index >= 15 is 0 Å². The van der Waals surface area contributed by atoms with Crippen LogP contribution in [0.15, 0.2) is 12.1 Å². The predicted octanol–water partition coefficient (Wildman–Crippen LogP) is 4.00. The summed E-state index contributed by atoms with van der Waals surface area (Å²) in [6.07, 6.45) is -3.63. The molecule has 4 heteroatoms. The van der Waals surface area contributed by atoms with Crippen LogP contribution in [0, 0.1) is 12.3 Å². The zero-order valence-electron chi connectivity index (χ0n) is 9.94. The molecule has 0 spiro atoms. The van der Waals surface area contributed by atoms with Crippen molar-refractivity contribution in [3.8, 4) is 0 Å². The van der Waals surface area contributed by atoms with E-state index in [0.29, 0.717) is 5.69 Å². The van der Waals surface area contributed by atoms with E-state index in [1.807, 2.05) is 20.8 Å². The number of hydrogen-bond donors (Lipinski definition) is 0. The highest BCUT2D eigenvalue weighted by molar-refractivity contribution is 5.24. The molecule has 0 saturated carbocycles. The molecule has 1 nitrogen and oxygen atoms in total. The second kappa shape index (κ2) is 4.07. The lowest BCUT2D eigenvalue weighted by Crippen LogP contribution is -2.13. The lowest BCUT2D eigenvalue weighted by atomic mass is 9.87. The smallest absolute Gasteiger partial charge is 0.248 e. The molecule has 0 aromatic carbocycles. The second-order valence-electron chi connectivity index (χ2n) is 5.18. The molecule has 0 bridgehead atoms. The Hall–Kier alpha value is -1.06. The van der Waals surface area contributed by atoms with Crippen LogP contribution in [0.4, 0.5) is 13.2 Å². The number of aromatic nitrogens is 1. The van der Waals surface area contributed by atoms with E-state index in [-0.39, 0.29) is 5.41 Å². The minimum atomic E-state index is -4.36. The molecule has 1 rings (SSSR count). The Balaban J connectivity index is 3.01. The molecule has 0 aliphatic heterocycles. The summed E-state index contributed by atoms with van der Waals surface area (Å²) in [5.41, 5.74) is 0.569. The van der Waals surface area contributed by atoms with E-state index in [1.54, 1.807) is 6.92 Å². The van der Waals surface area contributed by atoms with Gasteiger partial charge in [-0.3, -0.25) is 0 Å². The number of nitrogens with zero attached hydrogens (tertiary/aromatic N) is 1. The van der Waals surface area contributed by atoms with E-state index in [2.05, 4.69) is 4.98 Å². The van der Waals surface area contributed by atoms with Crippen LogP contribution in [0.2, 0.25) is 0 Å². The molecular formula is C12H16F3N. The van der Waals surface area contributed by atoms with Crippen LogP contribution >= 0.6 is 0 Å². The first-order chi connectivity index (χ1) is 7.09. The van der Waals surface area contributed by atoms with Crippen LogP contribution in [0.5, 0.6) is 0 Å². The van der Waals surface area contributed by atoms with E-state index in [0.717, 1.165) is 18.1 Å². The normalized spacial score (nSPS) is 12.9. The van der Waals surface area contributed by atoms with Gasteiger partial charge in [-0.1, -0.05) is 26.8 Å². The maximum absolute atomic E-state index is 12.4. The first-order valence-electron chi connectivity index (χ1n) is 5.13. The highest BCUT2D eigenvalue weighted by atomic mass is 19.4. The molecule has 0 atom stereocenters. The van der Waals surface area contributed by atoms with Gasteiger partial charge in [-0.15, -0.1) is 0 Å². The van der Waals surface area contributed by atoms with Gasteiger partial charge in [0.2, 0.25) is 0 Å². The fourth-order valence-electron chi connectivity index (χ4n) is 1.51. The molecule has 0 aliphatic carbocycles. The number of alkyl halides is 3. The highest BCUT2D eigenvalue weighted by Gasteiger charge is 2.32. The van der Waals surface area contributed by atoms with Crippen LogP contribution < -0.4 is 0 Å². The quantitative estimate of drug-likeness (QED) is 0.712. The third-order valence-corrected chi connectivity index (χ3v) is 2.21. The van der Waals surface area contributed by atoms with E-state index < -0.39 is 11.9 Å². The standard InChI is InChI=1S/C12H16F3N/c1-8-9(7-11(2,3)4)5-6-10(16-8)12(13,14)15/h5-6H,7H2,1-4H3. The Morgan fingerprint density at radius 1 is 1.12 bits per heavy atom. The van der Waals surface area contributed by atoms with Gasteiger partial charge in [-0.25, -0.2) is 4.98 Å². The first kappa shape index (κ1) is 13.0. The third kappa shape index (κ3) is 3.51. The van der Waals surface area contributed by atoms with Gasteiger partial charge in [0, 0.05) is 5.69 Å². The fraction of sp³-hybridized carbons (Fsp3) is 0.583. The van der Waals surface area contributed by atoms with E-state index in [9.17, 15) is 13.2 Å². The summed E-state index contributed by atoms with van der Waals surface area (Å²) in [4.78, 5) is 3.60. The van der Waals surface area contributed by atoms with Gasteiger partial charge in [0.15, 0.2) is 0 Å². The second-order valence-corrected chi connectivity index (χ2v) is 5.18. The topological polar surface area (TPSA) is 12.9 Å². The first-order valence-corrected chi connectivity index (χ1v) is 5.13. The average Bonchev–Trinajstić information content (AvgIpc) is 2.04. The Morgan fingerprint density at radius 2 is 1.69 bits per heavy atom. The molecule has 0 aliphatic rings. The summed E-state index contributed by atoms with van der Waals surface area (Å²) in [6, 6.07) is 2.57. The molecule has 0 radical (unpaired) electrons. The maximum atomic E-state index is 12.4. The van der Waals surface area contributed by atoms with Crippen molar-refractivity contribution >= 4 is 0 Å². The Morgan fingerprint density at radius 3 is 2.06 bits per heavy atom. The zero-order chi connectivity index (χ0) is 12.6. The van der Waals surface area contributed by atoms with E-state index in [1.165, 1.54) is 6.07 Å². The number of halogens is 3. The van der Waals surface area contributed by atoms with Crippen LogP contribution in [0.25, 0.3) is 0 Å². The van der Waals surface area contributed by atoms with Gasteiger partial charge < -0.3 is 0 Å². The summed E-state index contributed by atoms with van der Waals surface area (Å²) in [5.74, 6) is 0. The van der Waals surface area contributed by atoms with Crippen LogP contribution in [0.1, 0.15) is 37.7 Å². The van der Waals surface area contributed by atoms with Crippen molar-refractivity contribution in [3.05, 3.63) is 29.1 Å². The summed E-state index contributed by atoms with van der Waals surface area (Å²) in [7, 11) is 0. The molecule has 1 aromatic rings. The number of pyridine rings is 1. The summed E-state index contributed by atoms with van der Waals surface area (Å²) in [5, 5.41) is 0. The molecule has 1 heterocycles. The minimum absolute atomic E-state index is 0.0478. The third-order valence-electron chi connectivity index (χ3n) is 2.21. The van der Waals surface area contributed by atoms with Crippen molar-refractivity contribution in [2.75, 3.05) is 0 Å². The molecule has 1 aromatic heterocycles. The number of aryl methyl sites for hydroxylation is 1. The Kier molecular flexibility index (Phi) is 3.31. The van der Waals surface area contributed by atoms with Crippen molar-refractivity contribution < 1.29 is 13.2 Å². The highest BCUT2D eigenvalue weighted by Crippen LogP contribution is 2.29.